The predicted molar refractivity (Wildman–Crippen MR) is 137 cm³/mol. The van der Waals surface area contributed by atoms with Crippen molar-refractivity contribution < 1.29 is 8.78 Å². The third kappa shape index (κ3) is 4.58. The van der Waals surface area contributed by atoms with Gasteiger partial charge in [0.2, 0.25) is 5.95 Å². The Hall–Kier alpha value is -4.44. The molecule has 0 amide bonds. The van der Waals surface area contributed by atoms with Crippen LogP contribution in [0.5, 0.6) is 0 Å². The number of halogens is 2. The fourth-order valence-corrected chi connectivity index (χ4v) is 4.60. The number of aromatic nitrogens is 5. The van der Waals surface area contributed by atoms with Crippen LogP contribution in [0.3, 0.4) is 0 Å². The van der Waals surface area contributed by atoms with Gasteiger partial charge in [-0.25, -0.2) is 28.2 Å². The van der Waals surface area contributed by atoms with Crippen molar-refractivity contribution >= 4 is 17.3 Å². The Labute approximate surface area is 212 Å². The van der Waals surface area contributed by atoms with E-state index in [2.05, 4.69) is 29.9 Å². The smallest absolute Gasteiger partial charge is 0.225 e. The summed E-state index contributed by atoms with van der Waals surface area (Å²) in [6.07, 6.45) is 6.94. The van der Waals surface area contributed by atoms with Crippen LogP contribution in [0.2, 0.25) is 0 Å². The van der Waals surface area contributed by atoms with E-state index >= 15 is 0 Å². The molecule has 2 aromatic carbocycles. The predicted octanol–water partition coefficient (Wildman–Crippen LogP) is 3.84. The number of nitrogens with two attached hydrogens (primary N) is 1. The standard InChI is InChI=1S/C27H24F2N8/c28-22-5-1-18(2-6-22)20-13-24-26(33-17-34-37(24)16-20)35-9-11-36(12-10-35)27-31-14-21(15-32-27)25(30)19-3-7-23(29)8-4-19/h1-8,13-17,25H,9-12,30H2. The highest BCUT2D eigenvalue weighted by atomic mass is 19.1. The SMILES string of the molecule is NC(c1ccc(F)cc1)c1cnc(N2CCN(c3ncnn4cc(-c5ccc(F)cc5)cc34)CC2)nc1. The lowest BCUT2D eigenvalue weighted by Gasteiger charge is -2.35. The number of anilines is 2. The second-order valence-electron chi connectivity index (χ2n) is 8.97. The molecule has 1 aliphatic heterocycles. The monoisotopic (exact) mass is 498 g/mol. The van der Waals surface area contributed by atoms with Crippen LogP contribution in [-0.2, 0) is 0 Å². The lowest BCUT2D eigenvalue weighted by molar-refractivity contribution is 0.626. The lowest BCUT2D eigenvalue weighted by Crippen LogP contribution is -2.47. The molecule has 2 N–H and O–H groups in total. The third-order valence-electron chi connectivity index (χ3n) is 6.67. The summed E-state index contributed by atoms with van der Waals surface area (Å²) in [5.41, 5.74) is 10.6. The minimum absolute atomic E-state index is 0.264. The van der Waals surface area contributed by atoms with E-state index < -0.39 is 6.04 Å². The maximum absolute atomic E-state index is 13.3. The molecule has 1 aliphatic rings. The van der Waals surface area contributed by atoms with Crippen LogP contribution in [0, 0.1) is 11.6 Å². The first kappa shape index (κ1) is 23.0. The molecule has 1 saturated heterocycles. The molecule has 4 heterocycles. The van der Waals surface area contributed by atoms with Gasteiger partial charge in [-0.1, -0.05) is 24.3 Å². The summed E-state index contributed by atoms with van der Waals surface area (Å²) in [5, 5.41) is 4.36. The number of piperazine rings is 1. The lowest BCUT2D eigenvalue weighted by atomic mass is 10.0. The Morgan fingerprint density at radius 3 is 2.03 bits per heavy atom. The molecule has 0 spiro atoms. The van der Waals surface area contributed by atoms with E-state index in [0.29, 0.717) is 5.95 Å². The quantitative estimate of drug-likeness (QED) is 0.394. The molecule has 0 bridgehead atoms. The van der Waals surface area contributed by atoms with E-state index in [-0.39, 0.29) is 11.6 Å². The Morgan fingerprint density at radius 1 is 0.730 bits per heavy atom. The maximum Gasteiger partial charge on any atom is 0.225 e. The molecular weight excluding hydrogens is 474 g/mol. The molecule has 3 aromatic heterocycles. The molecule has 37 heavy (non-hydrogen) atoms. The minimum Gasteiger partial charge on any atom is -0.351 e. The second kappa shape index (κ2) is 9.55. The summed E-state index contributed by atoms with van der Waals surface area (Å²) in [6.45, 7) is 2.93. The van der Waals surface area contributed by atoms with Crippen molar-refractivity contribution in [3.63, 3.8) is 0 Å². The van der Waals surface area contributed by atoms with Crippen molar-refractivity contribution in [3.05, 3.63) is 102 Å². The number of rotatable bonds is 5. The summed E-state index contributed by atoms with van der Waals surface area (Å²) in [4.78, 5) is 18.0. The second-order valence-corrected chi connectivity index (χ2v) is 8.97. The molecule has 8 nitrogen and oxygen atoms in total. The van der Waals surface area contributed by atoms with Crippen LogP contribution < -0.4 is 15.5 Å². The first-order chi connectivity index (χ1) is 18.0. The van der Waals surface area contributed by atoms with Gasteiger partial charge in [-0.15, -0.1) is 0 Å². The van der Waals surface area contributed by atoms with Gasteiger partial charge >= 0.3 is 0 Å². The first-order valence-electron chi connectivity index (χ1n) is 12.0. The Bertz CT molecular complexity index is 1510. The summed E-state index contributed by atoms with van der Waals surface area (Å²) in [6, 6.07) is 14.2. The molecule has 0 aliphatic carbocycles. The third-order valence-corrected chi connectivity index (χ3v) is 6.67. The summed E-state index contributed by atoms with van der Waals surface area (Å²) < 4.78 is 28.4. The van der Waals surface area contributed by atoms with Crippen molar-refractivity contribution in [2.24, 2.45) is 5.73 Å². The van der Waals surface area contributed by atoms with Gasteiger partial charge in [-0.3, -0.25) is 0 Å². The fraction of sp³-hybridized carbons (Fsp3) is 0.185. The number of nitrogens with zero attached hydrogens (tertiary/aromatic N) is 7. The highest BCUT2D eigenvalue weighted by Gasteiger charge is 2.23. The average Bonchev–Trinajstić information content (AvgIpc) is 3.38. The zero-order valence-corrected chi connectivity index (χ0v) is 19.9. The van der Waals surface area contributed by atoms with Crippen LogP contribution in [-0.4, -0.2) is 50.7 Å². The van der Waals surface area contributed by atoms with E-state index in [9.17, 15) is 8.78 Å². The summed E-state index contributed by atoms with van der Waals surface area (Å²) in [7, 11) is 0. The zero-order chi connectivity index (χ0) is 25.4. The van der Waals surface area contributed by atoms with Gasteiger partial charge in [0, 0.05) is 55.9 Å². The van der Waals surface area contributed by atoms with Crippen molar-refractivity contribution in [1.29, 1.82) is 0 Å². The Morgan fingerprint density at radius 2 is 1.35 bits per heavy atom. The van der Waals surface area contributed by atoms with Crippen LogP contribution in [0.4, 0.5) is 20.5 Å². The molecule has 1 fully saturated rings. The van der Waals surface area contributed by atoms with Crippen LogP contribution in [0.15, 0.2) is 79.5 Å². The van der Waals surface area contributed by atoms with E-state index in [0.717, 1.165) is 59.8 Å². The van der Waals surface area contributed by atoms with Gasteiger partial charge < -0.3 is 15.5 Å². The topological polar surface area (TPSA) is 88.5 Å². The Balaban J connectivity index is 1.15. The van der Waals surface area contributed by atoms with Gasteiger partial charge in [0.15, 0.2) is 5.82 Å². The largest absolute Gasteiger partial charge is 0.351 e. The van der Waals surface area contributed by atoms with Crippen LogP contribution in [0.25, 0.3) is 16.6 Å². The van der Waals surface area contributed by atoms with Gasteiger partial charge in [0.05, 0.1) is 6.04 Å². The zero-order valence-electron chi connectivity index (χ0n) is 19.9. The van der Waals surface area contributed by atoms with Gasteiger partial charge in [-0.2, -0.15) is 5.10 Å². The van der Waals surface area contributed by atoms with Crippen molar-refractivity contribution in [1.82, 2.24) is 24.6 Å². The van der Waals surface area contributed by atoms with Gasteiger partial charge in [0.1, 0.15) is 23.5 Å². The number of hydrogen-bond acceptors (Lipinski definition) is 7. The molecule has 6 rings (SSSR count). The number of benzene rings is 2. The van der Waals surface area contributed by atoms with Crippen molar-refractivity contribution in [2.75, 3.05) is 36.0 Å². The van der Waals surface area contributed by atoms with E-state index in [1.807, 2.05) is 12.3 Å². The molecule has 1 unspecified atom stereocenters. The summed E-state index contributed by atoms with van der Waals surface area (Å²) >= 11 is 0. The van der Waals surface area contributed by atoms with E-state index in [1.54, 1.807) is 47.5 Å². The van der Waals surface area contributed by atoms with Crippen LogP contribution >= 0.6 is 0 Å². The molecule has 186 valence electrons. The molecule has 0 radical (unpaired) electrons. The molecule has 1 atom stereocenters. The van der Waals surface area contributed by atoms with Gasteiger partial charge in [0.25, 0.3) is 0 Å². The first-order valence-corrected chi connectivity index (χ1v) is 12.0. The highest BCUT2D eigenvalue weighted by Crippen LogP contribution is 2.28. The fourth-order valence-electron chi connectivity index (χ4n) is 4.60. The van der Waals surface area contributed by atoms with Crippen molar-refractivity contribution in [2.45, 2.75) is 6.04 Å². The maximum atomic E-state index is 13.3. The molecule has 10 heteroatoms. The molecule has 5 aromatic rings. The highest BCUT2D eigenvalue weighted by molar-refractivity contribution is 5.77. The summed E-state index contributed by atoms with van der Waals surface area (Å²) in [5.74, 6) is 0.934. The molecular formula is C27H24F2N8. The number of fused-ring (bicyclic) bond motifs is 1. The van der Waals surface area contributed by atoms with Crippen LogP contribution in [0.1, 0.15) is 17.2 Å². The van der Waals surface area contributed by atoms with Gasteiger partial charge in [-0.05, 0) is 41.5 Å². The van der Waals surface area contributed by atoms with E-state index in [4.69, 9.17) is 5.73 Å². The normalized spacial score (nSPS) is 14.8. The Kier molecular flexibility index (Phi) is 5.93. The van der Waals surface area contributed by atoms with Crippen molar-refractivity contribution in [3.8, 4) is 11.1 Å². The minimum atomic E-state index is -0.423. The molecule has 0 saturated carbocycles. The van der Waals surface area contributed by atoms with E-state index in [1.165, 1.54) is 24.3 Å². The average molecular weight is 499 g/mol. The number of hydrogen-bond donors (Lipinski definition) is 1.